The minimum Gasteiger partial charge on any atom is -0.454 e. The second-order valence-corrected chi connectivity index (χ2v) is 6.56. The first-order chi connectivity index (χ1) is 9.12. The lowest BCUT2D eigenvalue weighted by Gasteiger charge is -2.09. The minimum atomic E-state index is -3.33. The fraction of sp³-hybridized carbons (Fsp3) is 0.500. The molecule has 3 rings (SSSR count). The summed E-state index contributed by atoms with van der Waals surface area (Å²) in [4.78, 5) is 0. The van der Waals surface area contributed by atoms with Crippen molar-refractivity contribution in [3.63, 3.8) is 0 Å². The summed E-state index contributed by atoms with van der Waals surface area (Å²) in [7, 11) is -3.33. The third-order valence-electron chi connectivity index (χ3n) is 3.03. The summed E-state index contributed by atoms with van der Waals surface area (Å²) < 4.78 is 36.7. The molecule has 0 spiro atoms. The molecule has 0 radical (unpaired) electrons. The van der Waals surface area contributed by atoms with Gasteiger partial charge in [0.1, 0.15) is 0 Å². The van der Waals surface area contributed by atoms with Gasteiger partial charge < -0.3 is 14.8 Å². The first-order valence-corrected chi connectivity index (χ1v) is 7.91. The van der Waals surface area contributed by atoms with E-state index >= 15 is 0 Å². The number of sulfonamides is 1. The Kier molecular flexibility index (Phi) is 3.24. The van der Waals surface area contributed by atoms with Crippen molar-refractivity contribution < 1.29 is 17.9 Å². The van der Waals surface area contributed by atoms with Crippen LogP contribution in [0, 0.1) is 0 Å². The summed E-state index contributed by atoms with van der Waals surface area (Å²) in [5.41, 5.74) is 0.496. The molecule has 1 aliphatic heterocycles. The number of benzene rings is 1. The molecule has 6 nitrogen and oxygen atoms in total. The SMILES string of the molecule is O=S(=O)(CCNC1CC1)Nc1ccc2c(c1)OCO2. The highest BCUT2D eigenvalue weighted by Crippen LogP contribution is 2.34. The molecule has 7 heteroatoms. The zero-order chi connectivity index (χ0) is 13.3. The molecule has 19 heavy (non-hydrogen) atoms. The Morgan fingerprint density at radius 3 is 2.79 bits per heavy atom. The van der Waals surface area contributed by atoms with Crippen molar-refractivity contribution >= 4 is 15.7 Å². The van der Waals surface area contributed by atoms with E-state index in [1.54, 1.807) is 18.2 Å². The molecule has 0 amide bonds. The third kappa shape index (κ3) is 3.30. The van der Waals surface area contributed by atoms with Crippen molar-refractivity contribution in [1.82, 2.24) is 5.32 Å². The highest BCUT2D eigenvalue weighted by molar-refractivity contribution is 7.92. The molecular formula is C12H16N2O4S. The van der Waals surface area contributed by atoms with Gasteiger partial charge >= 0.3 is 0 Å². The second-order valence-electron chi connectivity index (χ2n) is 4.72. The summed E-state index contributed by atoms with van der Waals surface area (Å²) in [6, 6.07) is 5.51. The van der Waals surface area contributed by atoms with Gasteiger partial charge in [-0.3, -0.25) is 4.72 Å². The van der Waals surface area contributed by atoms with Gasteiger partial charge in [-0.2, -0.15) is 0 Å². The van der Waals surface area contributed by atoms with Crippen LogP contribution in [0.25, 0.3) is 0 Å². The molecule has 0 unspecified atom stereocenters. The predicted octanol–water partition coefficient (Wildman–Crippen LogP) is 0.909. The normalized spacial score (nSPS) is 17.5. The number of fused-ring (bicyclic) bond motifs is 1. The summed E-state index contributed by atoms with van der Waals surface area (Å²) in [5, 5.41) is 3.18. The Bertz CT molecular complexity index is 569. The fourth-order valence-electron chi connectivity index (χ4n) is 1.88. The molecule has 1 aromatic carbocycles. The Morgan fingerprint density at radius 1 is 1.21 bits per heavy atom. The van der Waals surface area contributed by atoms with Crippen molar-refractivity contribution in [3.05, 3.63) is 18.2 Å². The van der Waals surface area contributed by atoms with Gasteiger partial charge in [0.15, 0.2) is 11.5 Å². The number of anilines is 1. The zero-order valence-corrected chi connectivity index (χ0v) is 11.2. The molecule has 104 valence electrons. The van der Waals surface area contributed by atoms with E-state index < -0.39 is 10.0 Å². The van der Waals surface area contributed by atoms with Crippen LogP contribution in [0.4, 0.5) is 5.69 Å². The molecule has 1 aromatic rings. The first-order valence-electron chi connectivity index (χ1n) is 6.26. The van der Waals surface area contributed by atoms with E-state index in [1.165, 1.54) is 0 Å². The standard InChI is InChI=1S/C12H16N2O4S/c15-19(16,6-5-13-9-1-2-9)14-10-3-4-11-12(7-10)18-8-17-11/h3-4,7,9,13-14H,1-2,5-6,8H2. The lowest BCUT2D eigenvalue weighted by atomic mass is 10.3. The Hall–Kier alpha value is -1.47. The van der Waals surface area contributed by atoms with Gasteiger partial charge in [0.25, 0.3) is 0 Å². The van der Waals surface area contributed by atoms with Gasteiger partial charge in [-0.1, -0.05) is 0 Å². The highest BCUT2D eigenvalue weighted by atomic mass is 32.2. The minimum absolute atomic E-state index is 0.0674. The van der Waals surface area contributed by atoms with Crippen LogP contribution in [0.1, 0.15) is 12.8 Å². The molecule has 2 N–H and O–H groups in total. The van der Waals surface area contributed by atoms with Crippen LogP contribution in [0.2, 0.25) is 0 Å². The molecule has 0 bridgehead atoms. The smallest absolute Gasteiger partial charge is 0.233 e. The van der Waals surface area contributed by atoms with Crippen LogP contribution < -0.4 is 19.5 Å². The van der Waals surface area contributed by atoms with E-state index in [0.29, 0.717) is 29.8 Å². The van der Waals surface area contributed by atoms with Crippen LogP contribution >= 0.6 is 0 Å². The molecule has 0 saturated heterocycles. The van der Waals surface area contributed by atoms with E-state index in [0.717, 1.165) is 12.8 Å². The van der Waals surface area contributed by atoms with Crippen molar-refractivity contribution in [2.75, 3.05) is 23.8 Å². The zero-order valence-electron chi connectivity index (χ0n) is 10.4. The van der Waals surface area contributed by atoms with Crippen molar-refractivity contribution in [2.24, 2.45) is 0 Å². The van der Waals surface area contributed by atoms with Crippen molar-refractivity contribution in [2.45, 2.75) is 18.9 Å². The lowest BCUT2D eigenvalue weighted by molar-refractivity contribution is 0.174. The lowest BCUT2D eigenvalue weighted by Crippen LogP contribution is -2.27. The third-order valence-corrected chi connectivity index (χ3v) is 4.32. The van der Waals surface area contributed by atoms with Crippen molar-refractivity contribution in [1.29, 1.82) is 0 Å². The molecule has 0 atom stereocenters. The molecular weight excluding hydrogens is 268 g/mol. The number of ether oxygens (including phenoxy) is 2. The highest BCUT2D eigenvalue weighted by Gasteiger charge is 2.21. The monoisotopic (exact) mass is 284 g/mol. The van der Waals surface area contributed by atoms with E-state index in [2.05, 4.69) is 10.0 Å². The number of hydrogen-bond donors (Lipinski definition) is 2. The van der Waals surface area contributed by atoms with E-state index in [-0.39, 0.29) is 12.5 Å². The van der Waals surface area contributed by atoms with Gasteiger partial charge in [-0.05, 0) is 25.0 Å². The van der Waals surface area contributed by atoms with Gasteiger partial charge in [-0.15, -0.1) is 0 Å². The van der Waals surface area contributed by atoms with Crippen molar-refractivity contribution in [3.8, 4) is 11.5 Å². The maximum Gasteiger partial charge on any atom is 0.233 e. The van der Waals surface area contributed by atoms with Crippen LogP contribution in [0.3, 0.4) is 0 Å². The molecule has 0 aromatic heterocycles. The van der Waals surface area contributed by atoms with Gasteiger partial charge in [-0.25, -0.2) is 8.42 Å². The number of rotatable bonds is 6. The van der Waals surface area contributed by atoms with Crippen LogP contribution in [-0.4, -0.2) is 33.6 Å². The molecule has 1 aliphatic carbocycles. The molecule has 1 fully saturated rings. The largest absolute Gasteiger partial charge is 0.454 e. The Morgan fingerprint density at radius 2 is 2.00 bits per heavy atom. The van der Waals surface area contributed by atoms with Crippen LogP contribution in [0.15, 0.2) is 18.2 Å². The Balaban J connectivity index is 1.59. The fourth-order valence-corrected chi connectivity index (χ4v) is 2.85. The van der Waals surface area contributed by atoms with E-state index in [9.17, 15) is 8.42 Å². The molecule has 1 saturated carbocycles. The first kappa shape index (κ1) is 12.6. The summed E-state index contributed by atoms with van der Waals surface area (Å²) in [6.45, 7) is 0.654. The topological polar surface area (TPSA) is 76.7 Å². The number of nitrogens with one attached hydrogen (secondary N) is 2. The average molecular weight is 284 g/mol. The summed E-state index contributed by atoms with van der Waals surface area (Å²) >= 11 is 0. The van der Waals surface area contributed by atoms with Gasteiger partial charge in [0.05, 0.1) is 11.4 Å². The quantitative estimate of drug-likeness (QED) is 0.812. The number of hydrogen-bond acceptors (Lipinski definition) is 5. The molecule has 2 aliphatic rings. The maximum absolute atomic E-state index is 11.9. The van der Waals surface area contributed by atoms with E-state index in [1.807, 2.05) is 0 Å². The van der Waals surface area contributed by atoms with Gasteiger partial charge in [0, 0.05) is 18.7 Å². The van der Waals surface area contributed by atoms with Gasteiger partial charge in [0.2, 0.25) is 16.8 Å². The summed E-state index contributed by atoms with van der Waals surface area (Å²) in [5.74, 6) is 1.27. The van der Waals surface area contributed by atoms with E-state index in [4.69, 9.17) is 9.47 Å². The summed E-state index contributed by atoms with van der Waals surface area (Å²) in [6.07, 6.45) is 2.30. The average Bonchev–Trinajstić information content (AvgIpc) is 3.05. The second kappa shape index (κ2) is 4.90. The van der Waals surface area contributed by atoms with Crippen LogP contribution in [0.5, 0.6) is 11.5 Å². The van der Waals surface area contributed by atoms with Crippen LogP contribution in [-0.2, 0) is 10.0 Å². The Labute approximate surface area is 112 Å². The predicted molar refractivity (Wildman–Crippen MR) is 71.0 cm³/mol. The maximum atomic E-state index is 11.9. The molecule has 1 heterocycles.